The van der Waals surface area contributed by atoms with Gasteiger partial charge in [0, 0.05) is 31.5 Å². The van der Waals surface area contributed by atoms with E-state index in [2.05, 4.69) is 0 Å². The molecule has 0 unspecified atom stereocenters. The lowest BCUT2D eigenvalue weighted by Crippen LogP contribution is -2.26. The Bertz CT molecular complexity index is 1470. The van der Waals surface area contributed by atoms with Crippen molar-refractivity contribution in [3.63, 3.8) is 0 Å². The van der Waals surface area contributed by atoms with Crippen molar-refractivity contribution in [1.82, 2.24) is 4.31 Å². The second-order valence-corrected chi connectivity index (χ2v) is 11.7. The van der Waals surface area contributed by atoms with E-state index < -0.39 is 49.0 Å². The Balaban J connectivity index is 2.02. The average Bonchev–Trinajstić information content (AvgIpc) is 2.77. The first kappa shape index (κ1) is 26.3. The summed E-state index contributed by atoms with van der Waals surface area (Å²) in [4.78, 5) is 10.5. The predicted molar refractivity (Wildman–Crippen MR) is 123 cm³/mol. The molecule has 0 radical (unpaired) electrons. The van der Waals surface area contributed by atoms with E-state index in [0.29, 0.717) is 34.9 Å². The molecule has 12 heteroatoms. The molecular formula is C23H21F2NO7S2. The molecule has 3 rings (SSSR count). The summed E-state index contributed by atoms with van der Waals surface area (Å²) in [7, 11) is -6.56. The first-order valence-electron chi connectivity index (χ1n) is 9.98. The Morgan fingerprint density at radius 3 is 2.20 bits per heavy atom. The van der Waals surface area contributed by atoms with Crippen LogP contribution in [0.25, 0.3) is 11.1 Å². The Morgan fingerprint density at radius 1 is 0.943 bits per heavy atom. The molecule has 0 aliphatic rings. The minimum absolute atomic E-state index is 0.0254. The van der Waals surface area contributed by atoms with Crippen molar-refractivity contribution in [3.05, 3.63) is 77.9 Å². The number of aliphatic carboxylic acids is 1. The lowest BCUT2D eigenvalue weighted by Gasteiger charge is -2.19. The second-order valence-electron chi connectivity index (χ2n) is 7.68. The van der Waals surface area contributed by atoms with Gasteiger partial charge in [-0.05, 0) is 47.5 Å². The van der Waals surface area contributed by atoms with Crippen LogP contribution in [0.15, 0.2) is 70.5 Å². The predicted octanol–water partition coefficient (Wildman–Crippen LogP) is 3.32. The first-order chi connectivity index (χ1) is 16.3. The Kier molecular flexibility index (Phi) is 7.58. The number of carboxylic acid groups (broad SMARTS) is 1. The van der Waals surface area contributed by atoms with E-state index in [9.17, 15) is 30.4 Å². The molecule has 0 atom stereocenters. The fourth-order valence-corrected chi connectivity index (χ4v) is 5.13. The van der Waals surface area contributed by atoms with Gasteiger partial charge in [0.25, 0.3) is 0 Å². The van der Waals surface area contributed by atoms with Crippen LogP contribution in [-0.2, 0) is 31.2 Å². The van der Waals surface area contributed by atoms with E-state index in [1.165, 1.54) is 43.4 Å². The Labute approximate surface area is 201 Å². The van der Waals surface area contributed by atoms with Gasteiger partial charge in [-0.3, -0.25) is 0 Å². The number of nitrogens with zero attached hydrogens (tertiary/aromatic N) is 1. The summed E-state index contributed by atoms with van der Waals surface area (Å²) >= 11 is 0. The molecule has 1 N–H and O–H groups in total. The van der Waals surface area contributed by atoms with Crippen LogP contribution in [-0.4, -0.2) is 52.1 Å². The van der Waals surface area contributed by atoms with Gasteiger partial charge in [-0.25, -0.2) is 30.4 Å². The zero-order chi connectivity index (χ0) is 26.0. The Hall–Kier alpha value is -3.35. The zero-order valence-corrected chi connectivity index (χ0v) is 20.2. The minimum Gasteiger partial charge on any atom is -0.481 e. The fourth-order valence-electron chi connectivity index (χ4n) is 3.26. The summed E-state index contributed by atoms with van der Waals surface area (Å²) in [5.41, 5.74) is 1.15. The molecule has 0 heterocycles. The highest BCUT2D eigenvalue weighted by Crippen LogP contribution is 2.33. The van der Waals surface area contributed by atoms with Gasteiger partial charge in [-0.1, -0.05) is 18.2 Å². The number of rotatable bonds is 9. The van der Waals surface area contributed by atoms with Crippen LogP contribution in [0.4, 0.5) is 8.78 Å². The molecule has 0 saturated heterocycles. The largest absolute Gasteiger partial charge is 0.481 e. The summed E-state index contributed by atoms with van der Waals surface area (Å²) in [6.07, 6.45) is 1.04. The zero-order valence-electron chi connectivity index (χ0n) is 18.6. The van der Waals surface area contributed by atoms with Crippen LogP contribution >= 0.6 is 0 Å². The van der Waals surface area contributed by atoms with Gasteiger partial charge in [0.1, 0.15) is 17.4 Å². The molecular weight excluding hydrogens is 504 g/mol. The summed E-state index contributed by atoms with van der Waals surface area (Å²) in [6, 6.07) is 12.3. The van der Waals surface area contributed by atoms with E-state index >= 15 is 0 Å². The standard InChI is InChI=1S/C23H21F2NO7S2/c1-26(35(31,32)20-11-17(24)10-18(25)12-20)13-15-6-7-22(33-14-23(27)28)21(8-15)16-4-3-5-19(9-16)34(2,29)30/h3-12H,13-14H2,1-2H3,(H,27,28). The molecule has 0 aromatic heterocycles. The van der Waals surface area contributed by atoms with Gasteiger partial charge in [0.2, 0.25) is 10.0 Å². The number of halogens is 2. The number of carboxylic acids is 1. The van der Waals surface area contributed by atoms with Crippen molar-refractivity contribution in [2.75, 3.05) is 19.9 Å². The van der Waals surface area contributed by atoms with Crippen LogP contribution in [0.1, 0.15) is 5.56 Å². The van der Waals surface area contributed by atoms with Crippen molar-refractivity contribution in [1.29, 1.82) is 0 Å². The fraction of sp³-hybridized carbons (Fsp3) is 0.174. The molecule has 0 bridgehead atoms. The van der Waals surface area contributed by atoms with Crippen LogP contribution in [0.3, 0.4) is 0 Å². The van der Waals surface area contributed by atoms with Gasteiger partial charge in [-0.15, -0.1) is 0 Å². The number of hydrogen-bond donors (Lipinski definition) is 1. The van der Waals surface area contributed by atoms with Crippen molar-refractivity contribution in [2.24, 2.45) is 0 Å². The number of carbonyl (C=O) groups is 1. The van der Waals surface area contributed by atoms with Gasteiger partial charge in [0.15, 0.2) is 16.4 Å². The number of hydrogen-bond acceptors (Lipinski definition) is 6. The smallest absolute Gasteiger partial charge is 0.341 e. The molecule has 0 amide bonds. The quantitative estimate of drug-likeness (QED) is 0.455. The van der Waals surface area contributed by atoms with Crippen LogP contribution in [0.2, 0.25) is 0 Å². The maximum atomic E-state index is 13.6. The third-order valence-electron chi connectivity index (χ3n) is 4.92. The third kappa shape index (κ3) is 6.41. The first-order valence-corrected chi connectivity index (χ1v) is 13.3. The lowest BCUT2D eigenvalue weighted by atomic mass is 10.0. The van der Waals surface area contributed by atoms with E-state index in [0.717, 1.165) is 10.6 Å². The van der Waals surface area contributed by atoms with Crippen molar-refractivity contribution < 1.29 is 40.3 Å². The van der Waals surface area contributed by atoms with E-state index in [4.69, 9.17) is 9.84 Å². The van der Waals surface area contributed by atoms with Gasteiger partial charge in [-0.2, -0.15) is 4.31 Å². The SMILES string of the molecule is CN(Cc1ccc(OCC(=O)O)c(-c2cccc(S(C)(=O)=O)c2)c1)S(=O)(=O)c1cc(F)cc(F)c1. The molecule has 186 valence electrons. The molecule has 0 aliphatic carbocycles. The normalized spacial score (nSPS) is 12.0. The van der Waals surface area contributed by atoms with Gasteiger partial charge >= 0.3 is 5.97 Å². The molecule has 35 heavy (non-hydrogen) atoms. The highest BCUT2D eigenvalue weighted by molar-refractivity contribution is 7.90. The summed E-state index contributed by atoms with van der Waals surface area (Å²) in [5, 5.41) is 8.97. The highest BCUT2D eigenvalue weighted by atomic mass is 32.2. The van der Waals surface area contributed by atoms with E-state index in [1.54, 1.807) is 6.07 Å². The number of sulfonamides is 1. The summed E-state index contributed by atoms with van der Waals surface area (Å²) in [5.74, 6) is -3.16. The third-order valence-corrected chi connectivity index (χ3v) is 7.81. The Morgan fingerprint density at radius 2 is 1.60 bits per heavy atom. The maximum Gasteiger partial charge on any atom is 0.341 e. The molecule has 0 fully saturated rings. The maximum absolute atomic E-state index is 13.6. The molecule has 3 aromatic carbocycles. The molecule has 0 aliphatic heterocycles. The number of ether oxygens (including phenoxy) is 1. The molecule has 8 nitrogen and oxygen atoms in total. The van der Waals surface area contributed by atoms with E-state index in [1.807, 2.05) is 0 Å². The van der Waals surface area contributed by atoms with Crippen LogP contribution < -0.4 is 4.74 Å². The topological polar surface area (TPSA) is 118 Å². The molecule has 0 spiro atoms. The molecule has 0 saturated carbocycles. The molecule has 3 aromatic rings. The van der Waals surface area contributed by atoms with Crippen molar-refractivity contribution in [2.45, 2.75) is 16.3 Å². The van der Waals surface area contributed by atoms with Crippen LogP contribution in [0, 0.1) is 11.6 Å². The number of benzene rings is 3. The van der Waals surface area contributed by atoms with Crippen molar-refractivity contribution >= 4 is 25.8 Å². The lowest BCUT2D eigenvalue weighted by molar-refractivity contribution is -0.139. The van der Waals surface area contributed by atoms with Gasteiger partial charge < -0.3 is 9.84 Å². The minimum atomic E-state index is -4.25. The van der Waals surface area contributed by atoms with Crippen molar-refractivity contribution in [3.8, 4) is 16.9 Å². The van der Waals surface area contributed by atoms with E-state index in [-0.39, 0.29) is 17.2 Å². The van der Waals surface area contributed by atoms with Gasteiger partial charge in [0.05, 0.1) is 9.79 Å². The summed E-state index contributed by atoms with van der Waals surface area (Å²) in [6.45, 7) is -0.865. The average molecular weight is 526 g/mol. The number of sulfone groups is 1. The van der Waals surface area contributed by atoms with Crippen LogP contribution in [0.5, 0.6) is 5.75 Å². The summed E-state index contributed by atoms with van der Waals surface area (Å²) < 4.78 is 83.0. The monoisotopic (exact) mass is 525 g/mol. The second kappa shape index (κ2) is 10.1. The highest BCUT2D eigenvalue weighted by Gasteiger charge is 2.23.